The van der Waals surface area contributed by atoms with Gasteiger partial charge in [-0.1, -0.05) is 13.3 Å². The molecule has 2 aromatic rings. The van der Waals surface area contributed by atoms with Crippen LogP contribution < -0.4 is 0 Å². The minimum atomic E-state index is -3.28. The van der Waals surface area contributed by atoms with Gasteiger partial charge < -0.3 is 4.42 Å². The molecule has 0 aliphatic carbocycles. The average molecular weight is 336 g/mol. The van der Waals surface area contributed by atoms with Gasteiger partial charge in [-0.2, -0.15) is 4.31 Å². The first-order valence-electron chi connectivity index (χ1n) is 7.85. The zero-order chi connectivity index (χ0) is 16.3. The maximum absolute atomic E-state index is 12.5. The smallest absolute Gasteiger partial charge is 0.247 e. The lowest BCUT2D eigenvalue weighted by molar-refractivity contribution is 0.332. The van der Waals surface area contributed by atoms with E-state index >= 15 is 0 Å². The molecular formula is C15H20N4O3S. The Hall–Kier alpha value is -1.80. The fraction of sp³-hybridized carbons (Fsp3) is 0.533. The van der Waals surface area contributed by atoms with E-state index in [2.05, 4.69) is 15.2 Å². The Bertz CT molecular complexity index is 745. The average Bonchev–Trinajstić information content (AvgIpc) is 3.22. The normalized spacial score (nSPS) is 19.3. The van der Waals surface area contributed by atoms with Crippen molar-refractivity contribution in [1.82, 2.24) is 19.5 Å². The minimum Gasteiger partial charge on any atom is -0.419 e. The molecule has 1 saturated heterocycles. The molecule has 0 saturated carbocycles. The Morgan fingerprint density at radius 3 is 2.83 bits per heavy atom. The monoisotopic (exact) mass is 336 g/mol. The quantitative estimate of drug-likeness (QED) is 0.804. The fourth-order valence-electron chi connectivity index (χ4n) is 2.74. The number of rotatable bonds is 6. The second-order valence-electron chi connectivity index (χ2n) is 5.62. The van der Waals surface area contributed by atoms with Gasteiger partial charge in [-0.05, 0) is 31.4 Å². The van der Waals surface area contributed by atoms with Gasteiger partial charge in [0.1, 0.15) is 6.04 Å². The van der Waals surface area contributed by atoms with E-state index < -0.39 is 10.0 Å². The lowest BCUT2D eigenvalue weighted by atomic mass is 10.2. The van der Waals surface area contributed by atoms with Gasteiger partial charge in [-0.3, -0.25) is 4.98 Å². The van der Waals surface area contributed by atoms with Crippen LogP contribution in [0, 0.1) is 0 Å². The molecule has 1 aliphatic heterocycles. The number of pyridine rings is 1. The zero-order valence-corrected chi connectivity index (χ0v) is 13.9. The number of hydrogen-bond donors (Lipinski definition) is 0. The molecule has 3 heterocycles. The highest BCUT2D eigenvalue weighted by molar-refractivity contribution is 7.89. The summed E-state index contributed by atoms with van der Waals surface area (Å²) in [4.78, 5) is 3.95. The molecule has 1 atom stereocenters. The Kier molecular flexibility index (Phi) is 4.72. The minimum absolute atomic E-state index is 0.172. The molecule has 1 unspecified atom stereocenters. The third kappa shape index (κ3) is 3.42. The van der Waals surface area contributed by atoms with Crippen molar-refractivity contribution >= 4 is 10.0 Å². The van der Waals surface area contributed by atoms with Crippen LogP contribution in [0.1, 0.15) is 44.5 Å². The third-order valence-corrected chi connectivity index (χ3v) is 5.93. The molecule has 124 valence electrons. The molecule has 0 aromatic carbocycles. The molecule has 0 spiro atoms. The van der Waals surface area contributed by atoms with E-state index in [0.717, 1.165) is 18.4 Å². The summed E-state index contributed by atoms with van der Waals surface area (Å²) in [5.41, 5.74) is 0.775. The summed E-state index contributed by atoms with van der Waals surface area (Å²) in [7, 11) is -3.28. The molecule has 3 rings (SSSR count). The van der Waals surface area contributed by atoms with Gasteiger partial charge >= 0.3 is 0 Å². The molecule has 0 amide bonds. The van der Waals surface area contributed by atoms with Gasteiger partial charge in [0.25, 0.3) is 0 Å². The van der Waals surface area contributed by atoms with Crippen LogP contribution in [0.15, 0.2) is 28.9 Å². The van der Waals surface area contributed by atoms with E-state index in [1.54, 1.807) is 24.5 Å². The van der Waals surface area contributed by atoms with Crippen molar-refractivity contribution in [2.75, 3.05) is 12.3 Å². The zero-order valence-electron chi connectivity index (χ0n) is 13.1. The number of unbranched alkanes of at least 4 members (excludes halogenated alkanes) is 1. The van der Waals surface area contributed by atoms with Gasteiger partial charge in [0.15, 0.2) is 0 Å². The molecule has 0 N–H and O–H groups in total. The maximum Gasteiger partial charge on any atom is 0.247 e. The Labute approximate surface area is 135 Å². The fourth-order valence-corrected chi connectivity index (χ4v) is 4.62. The van der Waals surface area contributed by atoms with Crippen LogP contribution in [0.4, 0.5) is 0 Å². The van der Waals surface area contributed by atoms with Crippen molar-refractivity contribution in [2.45, 2.75) is 38.6 Å². The molecule has 0 radical (unpaired) electrons. The molecule has 7 nitrogen and oxygen atoms in total. The molecule has 1 fully saturated rings. The van der Waals surface area contributed by atoms with E-state index in [1.165, 1.54) is 4.31 Å². The largest absolute Gasteiger partial charge is 0.419 e. The van der Waals surface area contributed by atoms with Crippen molar-refractivity contribution in [1.29, 1.82) is 0 Å². The van der Waals surface area contributed by atoms with Gasteiger partial charge in [0.2, 0.25) is 21.8 Å². The first kappa shape index (κ1) is 16.1. The van der Waals surface area contributed by atoms with Crippen LogP contribution >= 0.6 is 0 Å². The number of hydrogen-bond acceptors (Lipinski definition) is 6. The molecule has 0 bridgehead atoms. The second kappa shape index (κ2) is 6.76. The van der Waals surface area contributed by atoms with E-state index in [-0.39, 0.29) is 11.8 Å². The van der Waals surface area contributed by atoms with Gasteiger partial charge in [0, 0.05) is 24.5 Å². The standard InChI is InChI=1S/C15H20N4O3S/c1-2-3-11-23(20,21)19-10-4-5-13(19)15-18-17-14(22-15)12-6-8-16-9-7-12/h6-9,13H,2-5,10-11H2,1H3. The third-order valence-electron chi connectivity index (χ3n) is 3.97. The van der Waals surface area contributed by atoms with Crippen molar-refractivity contribution in [3.63, 3.8) is 0 Å². The predicted molar refractivity (Wildman–Crippen MR) is 84.9 cm³/mol. The van der Waals surface area contributed by atoms with Crippen molar-refractivity contribution in [2.24, 2.45) is 0 Å². The summed E-state index contributed by atoms with van der Waals surface area (Å²) in [5.74, 6) is 0.931. The summed E-state index contributed by atoms with van der Waals surface area (Å²) in [5, 5.41) is 8.12. The Balaban J connectivity index is 1.82. The van der Waals surface area contributed by atoms with Crippen LogP contribution in [0.2, 0.25) is 0 Å². The molecular weight excluding hydrogens is 316 g/mol. The van der Waals surface area contributed by atoms with Crippen molar-refractivity contribution < 1.29 is 12.8 Å². The molecule has 8 heteroatoms. The summed E-state index contributed by atoms with van der Waals surface area (Å²) in [6.45, 7) is 2.50. The van der Waals surface area contributed by atoms with E-state index in [1.807, 2.05) is 6.92 Å². The van der Waals surface area contributed by atoms with Crippen LogP contribution in [-0.4, -0.2) is 40.2 Å². The van der Waals surface area contributed by atoms with E-state index in [4.69, 9.17) is 4.42 Å². The topological polar surface area (TPSA) is 89.2 Å². The van der Waals surface area contributed by atoms with Crippen LogP contribution in [0.5, 0.6) is 0 Å². The van der Waals surface area contributed by atoms with Crippen LogP contribution in [0.3, 0.4) is 0 Å². The lowest BCUT2D eigenvalue weighted by Crippen LogP contribution is -2.32. The van der Waals surface area contributed by atoms with Crippen LogP contribution in [0.25, 0.3) is 11.5 Å². The van der Waals surface area contributed by atoms with E-state index in [9.17, 15) is 8.42 Å². The second-order valence-corrected chi connectivity index (χ2v) is 7.66. The molecule has 1 aliphatic rings. The van der Waals surface area contributed by atoms with Gasteiger partial charge in [0.05, 0.1) is 5.75 Å². The van der Waals surface area contributed by atoms with Crippen LogP contribution in [-0.2, 0) is 10.0 Å². The SMILES string of the molecule is CCCCS(=O)(=O)N1CCCC1c1nnc(-c2ccncc2)o1. The first-order chi connectivity index (χ1) is 11.1. The van der Waals surface area contributed by atoms with Crippen molar-refractivity contribution in [3.05, 3.63) is 30.4 Å². The lowest BCUT2D eigenvalue weighted by Gasteiger charge is -2.21. The molecule has 23 heavy (non-hydrogen) atoms. The number of nitrogens with zero attached hydrogens (tertiary/aromatic N) is 4. The van der Waals surface area contributed by atoms with Gasteiger partial charge in [-0.25, -0.2) is 8.42 Å². The highest BCUT2D eigenvalue weighted by atomic mass is 32.2. The number of sulfonamides is 1. The van der Waals surface area contributed by atoms with E-state index in [0.29, 0.717) is 31.2 Å². The maximum atomic E-state index is 12.5. The summed E-state index contributed by atoms with van der Waals surface area (Å²) >= 11 is 0. The summed E-state index contributed by atoms with van der Waals surface area (Å²) in [6.07, 6.45) is 6.33. The Morgan fingerprint density at radius 2 is 2.09 bits per heavy atom. The highest BCUT2D eigenvalue weighted by Crippen LogP contribution is 2.34. The summed E-state index contributed by atoms with van der Waals surface area (Å²) in [6, 6.07) is 3.21. The highest BCUT2D eigenvalue weighted by Gasteiger charge is 2.37. The molecule has 2 aromatic heterocycles. The van der Waals surface area contributed by atoms with Gasteiger partial charge in [-0.15, -0.1) is 10.2 Å². The Morgan fingerprint density at radius 1 is 1.30 bits per heavy atom. The predicted octanol–water partition coefficient (Wildman–Crippen LogP) is 2.40. The number of aromatic nitrogens is 3. The van der Waals surface area contributed by atoms with Crippen molar-refractivity contribution in [3.8, 4) is 11.5 Å². The summed E-state index contributed by atoms with van der Waals surface area (Å²) < 4.78 is 32.2. The first-order valence-corrected chi connectivity index (χ1v) is 9.46.